The molecule has 17 heavy (non-hydrogen) atoms. The fraction of sp³-hybridized carbons (Fsp3) is 0.700. The number of aliphatic carboxylic acids is 1. The fourth-order valence-electron chi connectivity index (χ4n) is 1.12. The van der Waals surface area contributed by atoms with Crippen molar-refractivity contribution in [2.75, 3.05) is 31.1 Å². The molecule has 2 amide bonds. The lowest BCUT2D eigenvalue weighted by molar-refractivity contribution is -0.134. The van der Waals surface area contributed by atoms with Gasteiger partial charge < -0.3 is 15.3 Å². The minimum atomic E-state index is -0.949. The zero-order valence-corrected chi connectivity index (χ0v) is 10.9. The van der Waals surface area contributed by atoms with E-state index in [-0.39, 0.29) is 29.9 Å². The second-order valence-electron chi connectivity index (χ2n) is 3.25. The molecule has 0 unspecified atom stereocenters. The van der Waals surface area contributed by atoms with Gasteiger partial charge in [-0.2, -0.15) is 0 Å². The van der Waals surface area contributed by atoms with Crippen LogP contribution in [0.2, 0.25) is 0 Å². The molecule has 0 saturated heterocycles. The summed E-state index contributed by atoms with van der Waals surface area (Å²) in [5, 5.41) is 11.0. The fourth-order valence-corrected chi connectivity index (χ4v) is 1.75. The van der Waals surface area contributed by atoms with Gasteiger partial charge in [0.1, 0.15) is 0 Å². The first-order valence-corrected chi connectivity index (χ1v) is 6.50. The second-order valence-corrected chi connectivity index (χ2v) is 4.23. The first kappa shape index (κ1) is 15.8. The quantitative estimate of drug-likeness (QED) is 0.632. The molecule has 0 bridgehead atoms. The maximum atomic E-state index is 11.6. The summed E-state index contributed by atoms with van der Waals surface area (Å²) in [5.74, 6) is -1.39. The zero-order valence-electron chi connectivity index (χ0n) is 10.1. The van der Waals surface area contributed by atoms with Gasteiger partial charge in [-0.3, -0.25) is 14.4 Å². The number of hydrogen-bond donors (Lipinski definition) is 2. The van der Waals surface area contributed by atoms with E-state index >= 15 is 0 Å². The van der Waals surface area contributed by atoms with Crippen molar-refractivity contribution >= 4 is 29.5 Å². The standard InChI is InChI=1S/C10H18N2O4S/c1-3-11-8(13)5-12(4-2)9(14)6-17-7-10(15)16/h3-7H2,1-2H3,(H,11,13)(H,15,16). The smallest absolute Gasteiger partial charge is 0.313 e. The van der Waals surface area contributed by atoms with E-state index in [1.54, 1.807) is 13.8 Å². The Kier molecular flexibility index (Phi) is 8.21. The van der Waals surface area contributed by atoms with Gasteiger partial charge in [-0.25, -0.2) is 0 Å². The van der Waals surface area contributed by atoms with Gasteiger partial charge in [0.25, 0.3) is 0 Å². The lowest BCUT2D eigenvalue weighted by Crippen LogP contribution is -2.41. The van der Waals surface area contributed by atoms with Crippen LogP contribution in [0.15, 0.2) is 0 Å². The Hall–Kier alpha value is -1.24. The molecule has 2 N–H and O–H groups in total. The summed E-state index contributed by atoms with van der Waals surface area (Å²) in [4.78, 5) is 34.6. The molecule has 0 fully saturated rings. The number of amides is 2. The van der Waals surface area contributed by atoms with Crippen molar-refractivity contribution in [3.63, 3.8) is 0 Å². The first-order valence-electron chi connectivity index (χ1n) is 5.35. The van der Waals surface area contributed by atoms with Crippen LogP contribution in [0, 0.1) is 0 Å². The minimum absolute atomic E-state index is 0.0246. The molecule has 98 valence electrons. The molecule has 0 aromatic carbocycles. The molecule has 0 spiro atoms. The number of rotatable bonds is 8. The normalized spacial score (nSPS) is 9.76. The second kappa shape index (κ2) is 8.86. The van der Waals surface area contributed by atoms with E-state index in [2.05, 4.69) is 5.32 Å². The van der Waals surface area contributed by atoms with Crippen molar-refractivity contribution in [1.29, 1.82) is 0 Å². The molecule has 0 aliphatic heterocycles. The largest absolute Gasteiger partial charge is 0.481 e. The van der Waals surface area contributed by atoms with E-state index in [0.29, 0.717) is 13.1 Å². The van der Waals surface area contributed by atoms with E-state index in [9.17, 15) is 14.4 Å². The van der Waals surface area contributed by atoms with E-state index in [4.69, 9.17) is 5.11 Å². The van der Waals surface area contributed by atoms with Gasteiger partial charge in [0.15, 0.2) is 0 Å². The highest BCUT2D eigenvalue weighted by atomic mass is 32.2. The number of thioether (sulfide) groups is 1. The van der Waals surface area contributed by atoms with Crippen LogP contribution in [0.25, 0.3) is 0 Å². The third-order valence-corrected chi connectivity index (χ3v) is 2.80. The van der Waals surface area contributed by atoms with Crippen molar-refractivity contribution in [2.24, 2.45) is 0 Å². The number of carboxylic acid groups (broad SMARTS) is 1. The maximum absolute atomic E-state index is 11.6. The molecule has 0 rings (SSSR count). The van der Waals surface area contributed by atoms with Crippen molar-refractivity contribution < 1.29 is 19.5 Å². The van der Waals surface area contributed by atoms with Gasteiger partial charge in [0.2, 0.25) is 11.8 Å². The van der Waals surface area contributed by atoms with Crippen LogP contribution in [0.3, 0.4) is 0 Å². The summed E-state index contributed by atoms with van der Waals surface area (Å²) in [7, 11) is 0. The lowest BCUT2D eigenvalue weighted by Gasteiger charge is -2.19. The minimum Gasteiger partial charge on any atom is -0.481 e. The summed E-state index contributed by atoms with van der Waals surface area (Å²) in [6.45, 7) is 4.57. The van der Waals surface area contributed by atoms with Crippen LogP contribution in [-0.2, 0) is 14.4 Å². The highest BCUT2D eigenvalue weighted by molar-refractivity contribution is 8.00. The number of likely N-dealkylation sites (N-methyl/N-ethyl adjacent to an activating group) is 2. The Bertz CT molecular complexity index is 283. The Balaban J connectivity index is 4.03. The molecule has 6 nitrogen and oxygen atoms in total. The Labute approximate surface area is 105 Å². The van der Waals surface area contributed by atoms with Gasteiger partial charge in [-0.1, -0.05) is 0 Å². The average molecular weight is 262 g/mol. The van der Waals surface area contributed by atoms with Crippen molar-refractivity contribution in [3.05, 3.63) is 0 Å². The third kappa shape index (κ3) is 7.62. The maximum Gasteiger partial charge on any atom is 0.313 e. The molecule has 0 atom stereocenters. The molecule has 0 aliphatic rings. The number of carboxylic acids is 1. The number of hydrogen-bond acceptors (Lipinski definition) is 4. The average Bonchev–Trinajstić information content (AvgIpc) is 2.25. The van der Waals surface area contributed by atoms with E-state index < -0.39 is 5.97 Å². The Morgan fingerprint density at radius 3 is 2.35 bits per heavy atom. The van der Waals surface area contributed by atoms with E-state index in [1.807, 2.05) is 0 Å². The summed E-state index contributed by atoms with van der Waals surface area (Å²) < 4.78 is 0. The number of nitrogens with zero attached hydrogens (tertiary/aromatic N) is 1. The van der Waals surface area contributed by atoms with E-state index in [1.165, 1.54) is 4.90 Å². The topological polar surface area (TPSA) is 86.7 Å². The molecule has 0 radical (unpaired) electrons. The molecule has 0 heterocycles. The van der Waals surface area contributed by atoms with Gasteiger partial charge >= 0.3 is 5.97 Å². The zero-order chi connectivity index (χ0) is 13.3. The van der Waals surface area contributed by atoms with E-state index in [0.717, 1.165) is 11.8 Å². The van der Waals surface area contributed by atoms with Crippen LogP contribution in [0.4, 0.5) is 0 Å². The summed E-state index contributed by atoms with van der Waals surface area (Å²) in [6.07, 6.45) is 0. The van der Waals surface area contributed by atoms with Gasteiger partial charge in [-0.05, 0) is 13.8 Å². The SMILES string of the molecule is CCNC(=O)CN(CC)C(=O)CSCC(=O)O. The van der Waals surface area contributed by atoms with Crippen LogP contribution in [-0.4, -0.2) is 58.9 Å². The van der Waals surface area contributed by atoms with Gasteiger partial charge in [0, 0.05) is 13.1 Å². The van der Waals surface area contributed by atoms with Crippen LogP contribution >= 0.6 is 11.8 Å². The number of carbonyl (C=O) groups excluding carboxylic acids is 2. The summed E-state index contributed by atoms with van der Waals surface area (Å²) in [5.41, 5.74) is 0. The molecule has 7 heteroatoms. The highest BCUT2D eigenvalue weighted by Crippen LogP contribution is 2.02. The molecular formula is C10H18N2O4S. The van der Waals surface area contributed by atoms with Crippen molar-refractivity contribution in [1.82, 2.24) is 10.2 Å². The van der Waals surface area contributed by atoms with Gasteiger partial charge in [0.05, 0.1) is 18.1 Å². The molecular weight excluding hydrogens is 244 g/mol. The molecule has 0 aromatic heterocycles. The molecule has 0 aliphatic carbocycles. The number of carbonyl (C=O) groups is 3. The first-order chi connectivity index (χ1) is 8.01. The Morgan fingerprint density at radius 2 is 1.88 bits per heavy atom. The lowest BCUT2D eigenvalue weighted by atomic mass is 10.4. The summed E-state index contributed by atoms with van der Waals surface area (Å²) >= 11 is 1.03. The Morgan fingerprint density at radius 1 is 1.24 bits per heavy atom. The van der Waals surface area contributed by atoms with Crippen LogP contribution < -0.4 is 5.32 Å². The summed E-state index contributed by atoms with van der Waals surface area (Å²) in [6, 6.07) is 0. The molecule has 0 saturated carbocycles. The van der Waals surface area contributed by atoms with Crippen LogP contribution in [0.5, 0.6) is 0 Å². The van der Waals surface area contributed by atoms with Gasteiger partial charge in [-0.15, -0.1) is 11.8 Å². The predicted octanol–water partition coefficient (Wildman–Crippen LogP) is -0.211. The number of nitrogens with one attached hydrogen (secondary N) is 1. The monoisotopic (exact) mass is 262 g/mol. The van der Waals surface area contributed by atoms with Crippen molar-refractivity contribution in [3.8, 4) is 0 Å². The predicted molar refractivity (Wildman–Crippen MR) is 65.9 cm³/mol. The van der Waals surface area contributed by atoms with Crippen LogP contribution in [0.1, 0.15) is 13.8 Å². The third-order valence-electron chi connectivity index (χ3n) is 1.89. The van der Waals surface area contributed by atoms with Crippen molar-refractivity contribution in [2.45, 2.75) is 13.8 Å². The highest BCUT2D eigenvalue weighted by Gasteiger charge is 2.15. The molecule has 0 aromatic rings.